The predicted octanol–water partition coefficient (Wildman–Crippen LogP) is 4.68. The van der Waals surface area contributed by atoms with Crippen LogP contribution in [0.1, 0.15) is 45.1 Å². The zero-order chi connectivity index (χ0) is 21.7. The molecule has 7 heteroatoms. The summed E-state index contributed by atoms with van der Waals surface area (Å²) in [5, 5.41) is 6.00. The molecule has 6 nitrogen and oxygen atoms in total. The van der Waals surface area contributed by atoms with Crippen molar-refractivity contribution >= 4 is 40.8 Å². The van der Waals surface area contributed by atoms with Gasteiger partial charge in [0.05, 0.1) is 5.41 Å². The van der Waals surface area contributed by atoms with E-state index in [1.807, 2.05) is 12.1 Å². The molecule has 0 saturated heterocycles. The van der Waals surface area contributed by atoms with Gasteiger partial charge >= 0.3 is 5.97 Å². The molecule has 2 aromatic carbocycles. The Balaban J connectivity index is 1.65. The van der Waals surface area contributed by atoms with Crippen LogP contribution in [-0.2, 0) is 24.5 Å². The van der Waals surface area contributed by atoms with Crippen LogP contribution in [0.3, 0.4) is 0 Å². The largest absolute Gasteiger partial charge is 0.452 e. The quantitative estimate of drug-likeness (QED) is 0.654. The van der Waals surface area contributed by atoms with E-state index in [1.165, 1.54) is 6.92 Å². The third-order valence-electron chi connectivity index (χ3n) is 5.37. The highest BCUT2D eigenvalue weighted by atomic mass is 35.5. The Labute approximate surface area is 180 Å². The van der Waals surface area contributed by atoms with Crippen LogP contribution in [0.4, 0.5) is 11.4 Å². The van der Waals surface area contributed by atoms with E-state index in [-0.39, 0.29) is 11.9 Å². The Bertz CT molecular complexity index is 919. The first-order valence-electron chi connectivity index (χ1n) is 9.96. The Kier molecular flexibility index (Phi) is 6.77. The van der Waals surface area contributed by atoms with E-state index in [9.17, 15) is 14.4 Å². The molecular formula is C23H25ClN2O4. The van der Waals surface area contributed by atoms with Crippen LogP contribution in [-0.4, -0.2) is 23.9 Å². The first-order valence-corrected chi connectivity index (χ1v) is 10.3. The average Bonchev–Trinajstić information content (AvgIpc) is 3.20. The summed E-state index contributed by atoms with van der Waals surface area (Å²) in [6, 6.07) is 14.0. The van der Waals surface area contributed by atoms with Gasteiger partial charge in [-0.15, -0.1) is 0 Å². The number of benzene rings is 2. The lowest BCUT2D eigenvalue weighted by Crippen LogP contribution is -2.39. The van der Waals surface area contributed by atoms with Crippen molar-refractivity contribution in [2.45, 2.75) is 51.0 Å². The number of amides is 2. The highest BCUT2D eigenvalue weighted by Gasteiger charge is 2.45. The van der Waals surface area contributed by atoms with Crippen LogP contribution in [0, 0.1) is 0 Å². The molecule has 2 N–H and O–H groups in total. The zero-order valence-electron chi connectivity index (χ0n) is 17.0. The second kappa shape index (κ2) is 9.30. The lowest BCUT2D eigenvalue weighted by Gasteiger charge is -2.28. The number of nitrogens with one attached hydrogen (secondary N) is 2. The van der Waals surface area contributed by atoms with Gasteiger partial charge in [0.25, 0.3) is 5.91 Å². The molecule has 1 atom stereocenters. The summed E-state index contributed by atoms with van der Waals surface area (Å²) < 4.78 is 5.59. The lowest BCUT2D eigenvalue weighted by atomic mass is 9.79. The molecule has 1 aliphatic carbocycles. The minimum Gasteiger partial charge on any atom is -0.452 e. The monoisotopic (exact) mass is 428 g/mol. The number of ether oxygens (including phenoxy) is 1. The molecule has 2 amide bonds. The van der Waals surface area contributed by atoms with Gasteiger partial charge in [0.15, 0.2) is 6.10 Å². The number of esters is 1. The van der Waals surface area contributed by atoms with E-state index in [4.69, 9.17) is 16.3 Å². The Morgan fingerprint density at radius 2 is 1.47 bits per heavy atom. The highest BCUT2D eigenvalue weighted by Crippen LogP contribution is 2.42. The smallest absolute Gasteiger partial charge is 0.317 e. The van der Waals surface area contributed by atoms with Gasteiger partial charge in [-0.1, -0.05) is 36.6 Å². The van der Waals surface area contributed by atoms with Gasteiger partial charge in [0.2, 0.25) is 5.91 Å². The number of anilines is 2. The number of carbonyl (C=O) groups is 3. The molecule has 0 heterocycles. The SMILES string of the molecule is CC(=O)Nc1ccc(NC(=O)[C@@H](C)OC(=O)C2(c3ccc(Cl)cc3)CCCC2)cc1. The van der Waals surface area contributed by atoms with Crippen molar-refractivity contribution < 1.29 is 19.1 Å². The lowest BCUT2D eigenvalue weighted by molar-refractivity contribution is -0.159. The second-order valence-electron chi connectivity index (χ2n) is 7.59. The average molecular weight is 429 g/mol. The molecule has 0 aliphatic heterocycles. The molecular weight excluding hydrogens is 404 g/mol. The van der Waals surface area contributed by atoms with Crippen LogP contribution in [0.2, 0.25) is 5.02 Å². The van der Waals surface area contributed by atoms with Gasteiger partial charge in [-0.05, 0) is 61.7 Å². The van der Waals surface area contributed by atoms with E-state index in [1.54, 1.807) is 43.3 Å². The summed E-state index contributed by atoms with van der Waals surface area (Å²) in [6.07, 6.45) is 2.29. The van der Waals surface area contributed by atoms with Crippen molar-refractivity contribution in [3.63, 3.8) is 0 Å². The van der Waals surface area contributed by atoms with Crippen molar-refractivity contribution in [3.05, 3.63) is 59.1 Å². The van der Waals surface area contributed by atoms with Crippen molar-refractivity contribution in [1.82, 2.24) is 0 Å². The third-order valence-corrected chi connectivity index (χ3v) is 5.62. The van der Waals surface area contributed by atoms with E-state index in [0.29, 0.717) is 29.2 Å². The van der Waals surface area contributed by atoms with Gasteiger partial charge < -0.3 is 15.4 Å². The molecule has 0 unspecified atom stereocenters. The molecule has 2 aromatic rings. The molecule has 1 aliphatic rings. The summed E-state index contributed by atoms with van der Waals surface area (Å²) in [4.78, 5) is 36.7. The fraction of sp³-hybridized carbons (Fsp3) is 0.348. The summed E-state index contributed by atoms with van der Waals surface area (Å²) in [5.74, 6) is -0.972. The van der Waals surface area contributed by atoms with Crippen molar-refractivity contribution in [1.29, 1.82) is 0 Å². The molecule has 30 heavy (non-hydrogen) atoms. The maximum atomic E-state index is 13.1. The molecule has 3 rings (SSSR count). The number of carbonyl (C=O) groups excluding carboxylic acids is 3. The van der Waals surface area contributed by atoms with Gasteiger partial charge in [-0.3, -0.25) is 14.4 Å². The van der Waals surface area contributed by atoms with Crippen molar-refractivity contribution in [2.24, 2.45) is 0 Å². The summed E-state index contributed by atoms with van der Waals surface area (Å²) in [7, 11) is 0. The molecule has 1 fully saturated rings. The van der Waals surface area contributed by atoms with Crippen molar-refractivity contribution in [2.75, 3.05) is 10.6 Å². The summed E-state index contributed by atoms with van der Waals surface area (Å²) in [6.45, 7) is 2.98. The third kappa shape index (κ3) is 5.00. The molecule has 158 valence electrons. The van der Waals surface area contributed by atoms with Crippen LogP contribution in [0.25, 0.3) is 0 Å². The topological polar surface area (TPSA) is 84.5 Å². The highest BCUT2D eigenvalue weighted by molar-refractivity contribution is 6.30. The maximum Gasteiger partial charge on any atom is 0.317 e. The first kappa shape index (κ1) is 21.8. The van der Waals surface area contributed by atoms with Gasteiger partial charge in [0, 0.05) is 23.3 Å². The number of hydrogen-bond donors (Lipinski definition) is 2. The summed E-state index contributed by atoms with van der Waals surface area (Å²) >= 11 is 5.99. The molecule has 1 saturated carbocycles. The molecule has 0 aromatic heterocycles. The van der Waals surface area contributed by atoms with Gasteiger partial charge in [0.1, 0.15) is 0 Å². The van der Waals surface area contributed by atoms with Crippen LogP contribution in [0.5, 0.6) is 0 Å². The molecule has 0 radical (unpaired) electrons. The Morgan fingerprint density at radius 3 is 2.00 bits per heavy atom. The minimum atomic E-state index is -0.947. The van der Waals surface area contributed by atoms with E-state index in [2.05, 4.69) is 10.6 Å². The standard InChI is InChI=1S/C23H25ClN2O4/c1-15(21(28)26-20-11-9-19(10-12-20)25-16(2)27)30-22(29)23(13-3-4-14-23)17-5-7-18(24)8-6-17/h5-12,15H,3-4,13-14H2,1-2H3,(H,25,27)(H,26,28)/t15-/m1/s1. The second-order valence-corrected chi connectivity index (χ2v) is 8.03. The predicted molar refractivity (Wildman–Crippen MR) is 117 cm³/mol. The van der Waals surface area contributed by atoms with Gasteiger partial charge in [-0.25, -0.2) is 0 Å². The maximum absolute atomic E-state index is 13.1. The van der Waals surface area contributed by atoms with E-state index < -0.39 is 17.4 Å². The molecule has 0 spiro atoms. The minimum absolute atomic E-state index is 0.172. The zero-order valence-corrected chi connectivity index (χ0v) is 17.8. The van der Waals surface area contributed by atoms with Crippen LogP contribution in [0.15, 0.2) is 48.5 Å². The van der Waals surface area contributed by atoms with Gasteiger partial charge in [-0.2, -0.15) is 0 Å². The molecule has 0 bridgehead atoms. The Hall–Kier alpha value is -2.86. The first-order chi connectivity index (χ1) is 14.3. The number of rotatable bonds is 6. The van der Waals surface area contributed by atoms with Crippen molar-refractivity contribution in [3.8, 4) is 0 Å². The summed E-state index contributed by atoms with van der Waals surface area (Å²) in [5.41, 5.74) is 1.31. The number of hydrogen-bond acceptors (Lipinski definition) is 4. The van der Waals surface area contributed by atoms with Crippen LogP contribution < -0.4 is 10.6 Å². The Morgan fingerprint density at radius 1 is 0.933 bits per heavy atom. The fourth-order valence-electron chi connectivity index (χ4n) is 3.77. The fourth-order valence-corrected chi connectivity index (χ4v) is 3.90. The normalized spacial score (nSPS) is 15.8. The van der Waals surface area contributed by atoms with E-state index >= 15 is 0 Å². The van der Waals surface area contributed by atoms with Crippen LogP contribution >= 0.6 is 11.6 Å². The van der Waals surface area contributed by atoms with E-state index in [0.717, 1.165) is 18.4 Å². The number of halogens is 1.